The molecule has 0 heterocycles. The van der Waals surface area contributed by atoms with E-state index in [-0.39, 0.29) is 36.1 Å². The summed E-state index contributed by atoms with van der Waals surface area (Å²) in [6.45, 7) is 2.26. The van der Waals surface area contributed by atoms with Gasteiger partial charge in [0.1, 0.15) is 5.75 Å². The molecule has 1 aliphatic carbocycles. The Bertz CT molecular complexity index is 550. The second-order valence-corrected chi connectivity index (χ2v) is 7.52. The number of ether oxygens (including phenoxy) is 1. The van der Waals surface area contributed by atoms with Gasteiger partial charge in [0.2, 0.25) is 5.91 Å². The first-order chi connectivity index (χ1) is 12.0. The molecule has 0 aromatic heterocycles. The topological polar surface area (TPSA) is 67.6 Å². The Morgan fingerprint density at radius 1 is 1.22 bits per heavy atom. The van der Waals surface area contributed by atoms with Gasteiger partial charge >= 0.3 is 0 Å². The summed E-state index contributed by atoms with van der Waals surface area (Å²) in [7, 11) is 4.10. The summed E-state index contributed by atoms with van der Waals surface area (Å²) in [6.07, 6.45) is 7.23. The molecule has 5 nitrogen and oxygen atoms in total. The number of carbonyl (C=O) groups is 1. The average Bonchev–Trinajstić information content (AvgIpc) is 2.59. The number of halogens is 2. The molecule has 0 radical (unpaired) electrons. The highest BCUT2D eigenvalue weighted by Gasteiger charge is 2.32. The molecular formula is C20H35Cl2N3O2. The van der Waals surface area contributed by atoms with Crippen molar-refractivity contribution in [2.24, 2.45) is 11.1 Å². The van der Waals surface area contributed by atoms with E-state index in [2.05, 4.69) is 24.3 Å². The van der Waals surface area contributed by atoms with Gasteiger partial charge in [-0.15, -0.1) is 24.8 Å². The number of carbonyl (C=O) groups excluding carboxylic acids is 1. The van der Waals surface area contributed by atoms with Gasteiger partial charge in [-0.2, -0.15) is 0 Å². The zero-order valence-electron chi connectivity index (χ0n) is 16.5. The second-order valence-electron chi connectivity index (χ2n) is 7.52. The lowest BCUT2D eigenvalue weighted by atomic mass is 9.71. The molecule has 0 saturated heterocycles. The van der Waals surface area contributed by atoms with Crippen LogP contribution < -0.4 is 15.8 Å². The van der Waals surface area contributed by atoms with E-state index in [1.54, 1.807) is 0 Å². The molecule has 1 amide bonds. The van der Waals surface area contributed by atoms with Gasteiger partial charge in [-0.05, 0) is 57.5 Å². The van der Waals surface area contributed by atoms with E-state index in [1.165, 1.54) is 19.3 Å². The molecule has 1 aliphatic rings. The first-order valence-corrected chi connectivity index (χ1v) is 9.40. The molecule has 0 aliphatic heterocycles. The van der Waals surface area contributed by atoms with Gasteiger partial charge in [-0.25, -0.2) is 0 Å². The Morgan fingerprint density at radius 2 is 1.93 bits per heavy atom. The third kappa shape index (κ3) is 9.15. The standard InChI is InChI=1S/C20H33N3O2.2ClH/c1-23(2)12-7-13-25-18-9-6-8-17(14-18)22-19(24)15-20(16-21)10-4-3-5-11-20;;/h6,8-9,14H,3-5,7,10-13,15-16,21H2,1-2H3,(H,22,24);2*1H. The fraction of sp³-hybridized carbons (Fsp3) is 0.650. The van der Waals surface area contributed by atoms with Crippen LogP contribution in [0, 0.1) is 5.41 Å². The second kappa shape index (κ2) is 13.2. The van der Waals surface area contributed by atoms with Crippen molar-refractivity contribution < 1.29 is 9.53 Å². The summed E-state index contributed by atoms with van der Waals surface area (Å²) in [5.41, 5.74) is 6.77. The molecule has 156 valence electrons. The van der Waals surface area contributed by atoms with E-state index >= 15 is 0 Å². The van der Waals surface area contributed by atoms with Crippen molar-refractivity contribution in [3.63, 3.8) is 0 Å². The number of nitrogens with zero attached hydrogens (tertiary/aromatic N) is 1. The predicted octanol–water partition coefficient (Wildman–Crippen LogP) is 4.10. The SMILES string of the molecule is CN(C)CCCOc1cccc(NC(=O)CC2(CN)CCCCC2)c1.Cl.Cl. The maximum absolute atomic E-state index is 12.5. The Balaban J connectivity index is 0.00000338. The van der Waals surface area contributed by atoms with Gasteiger partial charge in [-0.1, -0.05) is 25.3 Å². The minimum Gasteiger partial charge on any atom is -0.493 e. The Hall–Kier alpha value is -1.01. The van der Waals surface area contributed by atoms with Crippen LogP contribution in [0.25, 0.3) is 0 Å². The molecule has 0 atom stereocenters. The van der Waals surface area contributed by atoms with Crippen LogP contribution in [-0.2, 0) is 4.79 Å². The average molecular weight is 420 g/mol. The van der Waals surface area contributed by atoms with E-state index in [0.717, 1.165) is 37.2 Å². The summed E-state index contributed by atoms with van der Waals surface area (Å²) in [5, 5.41) is 3.01. The summed E-state index contributed by atoms with van der Waals surface area (Å²) >= 11 is 0. The minimum atomic E-state index is -0.0113. The molecule has 2 rings (SSSR count). The number of hydrogen-bond donors (Lipinski definition) is 2. The summed E-state index contributed by atoms with van der Waals surface area (Å²) in [6, 6.07) is 7.63. The van der Waals surface area contributed by atoms with E-state index in [0.29, 0.717) is 19.6 Å². The van der Waals surface area contributed by atoms with Gasteiger partial charge in [-0.3, -0.25) is 4.79 Å². The molecule has 0 bridgehead atoms. The first kappa shape index (κ1) is 26.0. The Morgan fingerprint density at radius 3 is 2.56 bits per heavy atom. The van der Waals surface area contributed by atoms with Crippen LogP contribution in [-0.4, -0.2) is 44.6 Å². The van der Waals surface area contributed by atoms with Crippen LogP contribution >= 0.6 is 24.8 Å². The van der Waals surface area contributed by atoms with Crippen molar-refractivity contribution in [1.29, 1.82) is 0 Å². The highest BCUT2D eigenvalue weighted by Crippen LogP contribution is 2.38. The van der Waals surface area contributed by atoms with Crippen LogP contribution in [0.2, 0.25) is 0 Å². The highest BCUT2D eigenvalue weighted by molar-refractivity contribution is 5.91. The van der Waals surface area contributed by atoms with Gasteiger partial charge < -0.3 is 20.7 Å². The molecule has 1 saturated carbocycles. The highest BCUT2D eigenvalue weighted by atomic mass is 35.5. The lowest BCUT2D eigenvalue weighted by molar-refractivity contribution is -0.118. The number of amides is 1. The fourth-order valence-corrected chi connectivity index (χ4v) is 3.54. The molecule has 1 fully saturated rings. The summed E-state index contributed by atoms with van der Waals surface area (Å²) in [4.78, 5) is 14.6. The van der Waals surface area contributed by atoms with Crippen LogP contribution in [0.15, 0.2) is 24.3 Å². The monoisotopic (exact) mass is 419 g/mol. The van der Waals surface area contributed by atoms with Crippen LogP contribution in [0.3, 0.4) is 0 Å². The summed E-state index contributed by atoms with van der Waals surface area (Å²) < 4.78 is 5.77. The van der Waals surface area contributed by atoms with Gasteiger partial charge in [0.15, 0.2) is 0 Å². The number of rotatable bonds is 9. The van der Waals surface area contributed by atoms with Crippen molar-refractivity contribution in [3.05, 3.63) is 24.3 Å². The largest absolute Gasteiger partial charge is 0.493 e. The number of nitrogens with one attached hydrogen (secondary N) is 1. The van der Waals surface area contributed by atoms with Crippen molar-refractivity contribution in [2.45, 2.75) is 44.9 Å². The minimum absolute atomic E-state index is 0. The van der Waals surface area contributed by atoms with Gasteiger partial charge in [0.25, 0.3) is 0 Å². The molecule has 3 N–H and O–H groups in total. The lowest BCUT2D eigenvalue weighted by Gasteiger charge is -2.35. The molecule has 0 spiro atoms. The lowest BCUT2D eigenvalue weighted by Crippen LogP contribution is -2.36. The fourth-order valence-electron chi connectivity index (χ4n) is 3.54. The van der Waals surface area contributed by atoms with E-state index in [4.69, 9.17) is 10.5 Å². The van der Waals surface area contributed by atoms with Crippen molar-refractivity contribution in [3.8, 4) is 5.75 Å². The Labute approximate surface area is 176 Å². The molecule has 1 aromatic carbocycles. The maximum Gasteiger partial charge on any atom is 0.224 e. The van der Waals surface area contributed by atoms with Gasteiger partial charge in [0, 0.05) is 24.7 Å². The van der Waals surface area contributed by atoms with Crippen LogP contribution in [0.4, 0.5) is 5.69 Å². The van der Waals surface area contributed by atoms with Crippen LogP contribution in [0.1, 0.15) is 44.9 Å². The van der Waals surface area contributed by atoms with E-state index in [1.807, 2.05) is 24.3 Å². The third-order valence-corrected chi connectivity index (χ3v) is 5.02. The zero-order valence-corrected chi connectivity index (χ0v) is 18.2. The van der Waals surface area contributed by atoms with E-state index in [9.17, 15) is 4.79 Å². The Kier molecular flexibility index (Phi) is 12.7. The number of benzene rings is 1. The third-order valence-electron chi connectivity index (χ3n) is 5.02. The van der Waals surface area contributed by atoms with Crippen molar-refractivity contribution in [2.75, 3.05) is 39.1 Å². The molecule has 1 aromatic rings. The maximum atomic E-state index is 12.5. The molecule has 0 unspecified atom stereocenters. The molecule has 27 heavy (non-hydrogen) atoms. The quantitative estimate of drug-likeness (QED) is 0.591. The normalized spacial score (nSPS) is 15.4. The zero-order chi connectivity index (χ0) is 18.1. The van der Waals surface area contributed by atoms with Crippen LogP contribution in [0.5, 0.6) is 5.75 Å². The molecule has 7 heteroatoms. The smallest absolute Gasteiger partial charge is 0.224 e. The van der Waals surface area contributed by atoms with Gasteiger partial charge in [0.05, 0.1) is 6.61 Å². The number of anilines is 1. The number of nitrogens with two attached hydrogens (primary N) is 1. The van der Waals surface area contributed by atoms with E-state index < -0.39 is 0 Å². The van der Waals surface area contributed by atoms with Crippen molar-refractivity contribution >= 4 is 36.4 Å². The predicted molar refractivity (Wildman–Crippen MR) is 117 cm³/mol. The number of hydrogen-bond acceptors (Lipinski definition) is 4. The summed E-state index contributed by atoms with van der Waals surface area (Å²) in [5.74, 6) is 0.847. The first-order valence-electron chi connectivity index (χ1n) is 9.40. The van der Waals surface area contributed by atoms with Crippen molar-refractivity contribution in [1.82, 2.24) is 4.90 Å². The molecular weight excluding hydrogens is 385 g/mol.